The second-order valence-electron chi connectivity index (χ2n) is 4.26. The molecule has 0 N–H and O–H groups in total. The average molecular weight is 307 g/mol. The van der Waals surface area contributed by atoms with E-state index >= 15 is 0 Å². The summed E-state index contributed by atoms with van der Waals surface area (Å²) in [5.41, 5.74) is -1.74. The quantitative estimate of drug-likeness (QED) is 0.363. The molecule has 1 rings (SSSR count). The van der Waals surface area contributed by atoms with Crippen molar-refractivity contribution in [2.75, 3.05) is 6.61 Å². The van der Waals surface area contributed by atoms with Crippen LogP contribution in [0.15, 0.2) is 29.4 Å². The minimum Gasteiger partial charge on any atom is -0.460 e. The molecule has 0 saturated carbocycles. The number of oxime groups is 1. The van der Waals surface area contributed by atoms with E-state index in [1.807, 2.05) is 0 Å². The predicted molar refractivity (Wildman–Crippen MR) is 66.2 cm³/mol. The van der Waals surface area contributed by atoms with E-state index in [-0.39, 0.29) is 5.56 Å². The van der Waals surface area contributed by atoms with Crippen LogP contribution in [0, 0.1) is 5.82 Å². The minimum atomic E-state index is -4.81. The molecule has 8 heteroatoms. The first-order valence-electron chi connectivity index (χ1n) is 5.92. The topological polar surface area (TPSA) is 47.9 Å². The van der Waals surface area contributed by atoms with Crippen LogP contribution < -0.4 is 0 Å². The number of ether oxygens (including phenoxy) is 1. The highest BCUT2D eigenvalue weighted by Gasteiger charge is 2.38. The largest absolute Gasteiger partial charge is 0.460 e. The van der Waals surface area contributed by atoms with E-state index in [1.165, 1.54) is 0 Å². The summed E-state index contributed by atoms with van der Waals surface area (Å²) in [5, 5.41) is 2.91. The molecular weight excluding hydrogens is 294 g/mol. The standard InChI is InChI=1S/C13H13F4NO3/c1-8(2)21-11(19)7-20-18-12(13(15,16)17)9-3-5-10(14)6-4-9/h3-6,8H,7H2,1-2H3. The van der Waals surface area contributed by atoms with Crippen molar-refractivity contribution in [3.8, 4) is 0 Å². The van der Waals surface area contributed by atoms with Gasteiger partial charge in [-0.2, -0.15) is 13.2 Å². The number of carbonyl (C=O) groups excluding carboxylic acids is 1. The molecule has 0 atom stereocenters. The van der Waals surface area contributed by atoms with Crippen LogP contribution in [0.25, 0.3) is 0 Å². The Morgan fingerprint density at radius 3 is 2.29 bits per heavy atom. The van der Waals surface area contributed by atoms with Gasteiger partial charge in [-0.25, -0.2) is 9.18 Å². The maximum absolute atomic E-state index is 12.8. The monoisotopic (exact) mass is 307 g/mol. The fourth-order valence-corrected chi connectivity index (χ4v) is 1.32. The van der Waals surface area contributed by atoms with Gasteiger partial charge in [0.25, 0.3) is 0 Å². The summed E-state index contributed by atoms with van der Waals surface area (Å²) in [5.74, 6) is -1.52. The molecule has 0 spiro atoms. The van der Waals surface area contributed by atoms with E-state index < -0.39 is 36.4 Å². The Balaban J connectivity index is 2.82. The van der Waals surface area contributed by atoms with E-state index in [0.29, 0.717) is 0 Å². The summed E-state index contributed by atoms with van der Waals surface area (Å²) >= 11 is 0. The molecule has 0 bridgehead atoms. The third kappa shape index (κ3) is 5.80. The van der Waals surface area contributed by atoms with Crippen molar-refractivity contribution in [1.29, 1.82) is 0 Å². The zero-order chi connectivity index (χ0) is 16.0. The number of esters is 1. The Bertz CT molecular complexity index is 509. The molecule has 0 heterocycles. The second kappa shape index (κ2) is 7.05. The van der Waals surface area contributed by atoms with Gasteiger partial charge in [-0.15, -0.1) is 0 Å². The number of hydrogen-bond donors (Lipinski definition) is 0. The molecule has 116 valence electrons. The molecule has 1 aromatic carbocycles. The highest BCUT2D eigenvalue weighted by atomic mass is 19.4. The molecule has 0 amide bonds. The molecule has 1 aromatic rings. The fraction of sp³-hybridized carbons (Fsp3) is 0.385. The number of rotatable bonds is 5. The first-order chi connectivity index (χ1) is 9.70. The summed E-state index contributed by atoms with van der Waals surface area (Å²) in [7, 11) is 0. The van der Waals surface area contributed by atoms with Gasteiger partial charge >= 0.3 is 12.1 Å². The van der Waals surface area contributed by atoms with Crippen LogP contribution >= 0.6 is 0 Å². The third-order valence-electron chi connectivity index (χ3n) is 2.09. The summed E-state index contributed by atoms with van der Waals surface area (Å²) in [6.07, 6.45) is -5.22. The van der Waals surface area contributed by atoms with Crippen LogP contribution in [0.2, 0.25) is 0 Å². The molecule has 0 saturated heterocycles. The van der Waals surface area contributed by atoms with Crippen molar-refractivity contribution in [3.63, 3.8) is 0 Å². The lowest BCUT2D eigenvalue weighted by molar-refractivity contribution is -0.153. The van der Waals surface area contributed by atoms with Crippen molar-refractivity contribution in [2.45, 2.75) is 26.1 Å². The molecular formula is C13H13F4NO3. The normalized spacial score (nSPS) is 12.4. The Morgan fingerprint density at radius 2 is 1.81 bits per heavy atom. The number of carbonyl (C=O) groups is 1. The molecule has 0 aliphatic carbocycles. The van der Waals surface area contributed by atoms with Gasteiger partial charge in [-0.05, 0) is 38.1 Å². The van der Waals surface area contributed by atoms with Gasteiger partial charge in [0.15, 0.2) is 5.71 Å². The maximum Gasteiger partial charge on any atom is 0.437 e. The minimum absolute atomic E-state index is 0.374. The molecule has 0 fully saturated rings. The predicted octanol–water partition coefficient (Wildman–Crippen LogP) is 3.06. The Hall–Kier alpha value is -2.12. The SMILES string of the molecule is CC(C)OC(=O)CON=C(c1ccc(F)cc1)C(F)(F)F. The van der Waals surface area contributed by atoms with E-state index in [0.717, 1.165) is 24.3 Å². The maximum atomic E-state index is 12.8. The number of nitrogens with zero attached hydrogens (tertiary/aromatic N) is 1. The number of benzene rings is 1. The fourth-order valence-electron chi connectivity index (χ4n) is 1.32. The van der Waals surface area contributed by atoms with Gasteiger partial charge in [-0.1, -0.05) is 5.16 Å². The van der Waals surface area contributed by atoms with Crippen molar-refractivity contribution >= 4 is 11.7 Å². The summed E-state index contributed by atoms with van der Waals surface area (Å²) < 4.78 is 55.8. The van der Waals surface area contributed by atoms with E-state index in [9.17, 15) is 22.4 Å². The number of halogens is 4. The smallest absolute Gasteiger partial charge is 0.437 e. The van der Waals surface area contributed by atoms with Crippen LogP contribution in [-0.2, 0) is 14.4 Å². The van der Waals surface area contributed by atoms with Crippen LogP contribution in [0.3, 0.4) is 0 Å². The molecule has 0 aliphatic heterocycles. The van der Waals surface area contributed by atoms with Crippen LogP contribution in [-0.4, -0.2) is 30.6 Å². The lowest BCUT2D eigenvalue weighted by atomic mass is 10.1. The van der Waals surface area contributed by atoms with Gasteiger partial charge in [0.05, 0.1) is 6.10 Å². The van der Waals surface area contributed by atoms with Crippen molar-refractivity contribution < 1.29 is 31.9 Å². The van der Waals surface area contributed by atoms with Gasteiger partial charge in [0.2, 0.25) is 6.61 Å². The Morgan fingerprint density at radius 1 is 1.24 bits per heavy atom. The van der Waals surface area contributed by atoms with E-state index in [4.69, 9.17) is 0 Å². The summed E-state index contributed by atoms with van der Waals surface area (Å²) in [6, 6.07) is 3.56. The second-order valence-corrected chi connectivity index (χ2v) is 4.26. The molecule has 0 radical (unpaired) electrons. The molecule has 0 aliphatic rings. The van der Waals surface area contributed by atoms with E-state index in [1.54, 1.807) is 13.8 Å². The molecule has 4 nitrogen and oxygen atoms in total. The van der Waals surface area contributed by atoms with Gasteiger partial charge in [-0.3, -0.25) is 0 Å². The zero-order valence-corrected chi connectivity index (χ0v) is 11.3. The Labute approximate surface area is 118 Å². The Kier molecular flexibility index (Phi) is 5.69. The summed E-state index contributed by atoms with van der Waals surface area (Å²) in [6.45, 7) is 2.42. The summed E-state index contributed by atoms with van der Waals surface area (Å²) in [4.78, 5) is 15.5. The van der Waals surface area contributed by atoms with Crippen LogP contribution in [0.1, 0.15) is 19.4 Å². The van der Waals surface area contributed by atoms with Crippen molar-refractivity contribution in [3.05, 3.63) is 35.6 Å². The van der Waals surface area contributed by atoms with Crippen molar-refractivity contribution in [2.24, 2.45) is 5.16 Å². The first kappa shape index (κ1) is 16.9. The molecule has 0 aromatic heterocycles. The number of alkyl halides is 3. The van der Waals surface area contributed by atoms with E-state index in [2.05, 4.69) is 14.7 Å². The molecule has 0 unspecified atom stereocenters. The lowest BCUT2D eigenvalue weighted by Gasteiger charge is -2.11. The van der Waals surface area contributed by atoms with Crippen molar-refractivity contribution in [1.82, 2.24) is 0 Å². The van der Waals surface area contributed by atoms with Gasteiger partial charge in [0, 0.05) is 5.56 Å². The first-order valence-corrected chi connectivity index (χ1v) is 5.92. The van der Waals surface area contributed by atoms with Crippen LogP contribution in [0.5, 0.6) is 0 Å². The highest BCUT2D eigenvalue weighted by molar-refractivity contribution is 6.04. The number of hydrogen-bond acceptors (Lipinski definition) is 4. The average Bonchev–Trinajstić information content (AvgIpc) is 2.34. The lowest BCUT2D eigenvalue weighted by Crippen LogP contribution is -2.25. The molecule has 21 heavy (non-hydrogen) atoms. The van der Waals surface area contributed by atoms with Crippen LogP contribution in [0.4, 0.5) is 17.6 Å². The highest BCUT2D eigenvalue weighted by Crippen LogP contribution is 2.23. The zero-order valence-electron chi connectivity index (χ0n) is 11.3. The van der Waals surface area contributed by atoms with Gasteiger partial charge in [0.1, 0.15) is 5.82 Å². The van der Waals surface area contributed by atoms with Gasteiger partial charge < -0.3 is 9.57 Å². The third-order valence-corrected chi connectivity index (χ3v) is 2.09.